The molecule has 24 heavy (non-hydrogen) atoms. The van der Waals surface area contributed by atoms with E-state index in [-0.39, 0.29) is 34.8 Å². The number of likely N-dealkylation sites (tertiary alicyclic amines) is 1. The number of carbonyl (C=O) groups is 2. The first-order valence-corrected chi connectivity index (χ1v) is 9.21. The predicted molar refractivity (Wildman–Crippen MR) is 94.5 cm³/mol. The number of rotatable bonds is 4. The third-order valence-electron chi connectivity index (χ3n) is 6.54. The lowest BCUT2D eigenvalue weighted by Crippen LogP contribution is -2.48. The Morgan fingerprint density at radius 1 is 1.12 bits per heavy atom. The monoisotopic (exact) mass is 338 g/mol. The summed E-state index contributed by atoms with van der Waals surface area (Å²) in [5.74, 6) is 0.518. The van der Waals surface area contributed by atoms with E-state index in [9.17, 15) is 9.59 Å². The molecule has 1 aliphatic carbocycles. The molecule has 0 aromatic rings. The van der Waals surface area contributed by atoms with E-state index in [0.29, 0.717) is 12.5 Å². The average molecular weight is 338 g/mol. The van der Waals surface area contributed by atoms with Crippen molar-refractivity contribution >= 4 is 11.9 Å². The molecule has 1 saturated carbocycles. The van der Waals surface area contributed by atoms with Crippen molar-refractivity contribution in [3.8, 4) is 0 Å². The normalized spacial score (nSPS) is 32.3. The van der Waals surface area contributed by atoms with Gasteiger partial charge < -0.3 is 10.1 Å². The highest BCUT2D eigenvalue weighted by molar-refractivity contribution is 5.78. The Labute approximate surface area is 146 Å². The second kappa shape index (κ2) is 7.03. The van der Waals surface area contributed by atoms with E-state index < -0.39 is 0 Å². The first kappa shape index (κ1) is 19.2. The number of hydrogen-bond acceptors (Lipinski definition) is 4. The van der Waals surface area contributed by atoms with Gasteiger partial charge in [0.15, 0.2) is 0 Å². The summed E-state index contributed by atoms with van der Waals surface area (Å²) < 4.78 is 5.70. The van der Waals surface area contributed by atoms with Gasteiger partial charge in [-0.1, -0.05) is 0 Å². The van der Waals surface area contributed by atoms with E-state index in [2.05, 4.69) is 45.0 Å². The van der Waals surface area contributed by atoms with Crippen molar-refractivity contribution in [3.63, 3.8) is 0 Å². The van der Waals surface area contributed by atoms with Gasteiger partial charge in [-0.05, 0) is 72.8 Å². The van der Waals surface area contributed by atoms with Crippen molar-refractivity contribution in [2.75, 3.05) is 20.7 Å². The minimum absolute atomic E-state index is 0.0127. The second-order valence-corrected chi connectivity index (χ2v) is 8.74. The molecule has 2 rings (SSSR count). The number of hydrogen-bond donors (Lipinski definition) is 1. The number of carbonyl (C=O) groups excluding carboxylic acids is 2. The summed E-state index contributed by atoms with van der Waals surface area (Å²) in [6.07, 6.45) is 4.55. The van der Waals surface area contributed by atoms with Crippen LogP contribution in [0.1, 0.15) is 59.8 Å². The van der Waals surface area contributed by atoms with Gasteiger partial charge in [0.25, 0.3) is 0 Å². The van der Waals surface area contributed by atoms with E-state index in [1.165, 1.54) is 0 Å². The summed E-state index contributed by atoms with van der Waals surface area (Å²) in [5.41, 5.74) is -0.170. The number of ether oxygens (including phenoxy) is 1. The smallest absolute Gasteiger partial charge is 0.310 e. The van der Waals surface area contributed by atoms with Crippen molar-refractivity contribution in [2.24, 2.45) is 17.8 Å². The van der Waals surface area contributed by atoms with Crippen LogP contribution < -0.4 is 5.32 Å². The lowest BCUT2D eigenvalue weighted by molar-refractivity contribution is -0.153. The number of nitrogens with one attached hydrogen (secondary N) is 1. The SMILES string of the molecule is CNC(=O)C1CCC(COC(=O)C2CC(C)(C)N(C)C2(C)C)CC1. The van der Waals surface area contributed by atoms with Crippen molar-refractivity contribution in [3.05, 3.63) is 0 Å². The van der Waals surface area contributed by atoms with Gasteiger partial charge >= 0.3 is 5.97 Å². The third-order valence-corrected chi connectivity index (χ3v) is 6.54. The highest BCUT2D eigenvalue weighted by Crippen LogP contribution is 2.44. The fourth-order valence-corrected chi connectivity index (χ4v) is 4.37. The van der Waals surface area contributed by atoms with E-state index in [1.54, 1.807) is 7.05 Å². The minimum Gasteiger partial charge on any atom is -0.465 e. The molecule has 138 valence electrons. The molecular formula is C19H34N2O3. The molecule has 0 spiro atoms. The van der Waals surface area contributed by atoms with Gasteiger partial charge in [-0.2, -0.15) is 0 Å². The summed E-state index contributed by atoms with van der Waals surface area (Å²) in [7, 11) is 3.78. The molecule has 5 nitrogen and oxygen atoms in total. The second-order valence-electron chi connectivity index (χ2n) is 8.74. The van der Waals surface area contributed by atoms with Gasteiger partial charge in [0.1, 0.15) is 0 Å². The van der Waals surface area contributed by atoms with Gasteiger partial charge in [0, 0.05) is 24.0 Å². The molecule has 1 heterocycles. The van der Waals surface area contributed by atoms with Crippen molar-refractivity contribution in [1.82, 2.24) is 10.2 Å². The van der Waals surface area contributed by atoms with E-state index in [0.717, 1.165) is 32.1 Å². The highest BCUT2D eigenvalue weighted by Gasteiger charge is 2.53. The van der Waals surface area contributed by atoms with Gasteiger partial charge in [-0.25, -0.2) is 0 Å². The summed E-state index contributed by atoms with van der Waals surface area (Å²) in [5, 5.41) is 2.73. The molecule has 0 bridgehead atoms. The quantitative estimate of drug-likeness (QED) is 0.801. The molecule has 1 atom stereocenters. The zero-order valence-electron chi connectivity index (χ0n) is 16.1. The van der Waals surface area contributed by atoms with Gasteiger partial charge in [-0.15, -0.1) is 0 Å². The van der Waals surface area contributed by atoms with E-state index >= 15 is 0 Å². The fraction of sp³-hybridized carbons (Fsp3) is 0.895. The predicted octanol–water partition coefficient (Wildman–Crippen LogP) is 2.59. The van der Waals surface area contributed by atoms with Crippen LogP contribution in [0.5, 0.6) is 0 Å². The number of amides is 1. The molecule has 0 aromatic heterocycles. The van der Waals surface area contributed by atoms with E-state index in [4.69, 9.17) is 4.74 Å². The number of esters is 1. The molecule has 1 amide bonds. The van der Waals surface area contributed by atoms with Gasteiger partial charge in [0.2, 0.25) is 5.91 Å². The Bertz CT molecular complexity index is 479. The van der Waals surface area contributed by atoms with Crippen LogP contribution in [0.25, 0.3) is 0 Å². The van der Waals surface area contributed by atoms with Crippen LogP contribution in [-0.2, 0) is 14.3 Å². The van der Waals surface area contributed by atoms with E-state index in [1.807, 2.05) is 0 Å². The first-order chi connectivity index (χ1) is 11.1. The van der Waals surface area contributed by atoms with Crippen molar-refractivity contribution < 1.29 is 14.3 Å². The molecule has 1 aliphatic heterocycles. The Kier molecular flexibility index (Phi) is 5.63. The maximum absolute atomic E-state index is 12.6. The summed E-state index contributed by atoms with van der Waals surface area (Å²) in [4.78, 5) is 26.6. The van der Waals surface area contributed by atoms with Crippen molar-refractivity contribution in [1.29, 1.82) is 0 Å². The molecule has 1 N–H and O–H groups in total. The van der Waals surface area contributed by atoms with Crippen LogP contribution in [0.15, 0.2) is 0 Å². The minimum atomic E-state index is -0.183. The summed E-state index contributed by atoms with van der Waals surface area (Å²) in [6.45, 7) is 9.12. The third kappa shape index (κ3) is 3.76. The lowest BCUT2D eigenvalue weighted by Gasteiger charge is -2.38. The lowest BCUT2D eigenvalue weighted by atomic mass is 9.82. The molecule has 5 heteroatoms. The zero-order valence-corrected chi connectivity index (χ0v) is 16.1. The van der Waals surface area contributed by atoms with Crippen LogP contribution in [0.4, 0.5) is 0 Å². The molecule has 1 saturated heterocycles. The highest BCUT2D eigenvalue weighted by atomic mass is 16.5. The fourth-order valence-electron chi connectivity index (χ4n) is 4.37. The topological polar surface area (TPSA) is 58.6 Å². The molecule has 0 aromatic carbocycles. The van der Waals surface area contributed by atoms with Crippen LogP contribution in [-0.4, -0.2) is 48.6 Å². The molecule has 0 radical (unpaired) electrons. The molecule has 2 aliphatic rings. The first-order valence-electron chi connectivity index (χ1n) is 9.21. The molecule has 1 unspecified atom stereocenters. The maximum atomic E-state index is 12.6. The van der Waals surface area contributed by atoms with Crippen LogP contribution in [0.2, 0.25) is 0 Å². The van der Waals surface area contributed by atoms with Crippen LogP contribution in [0, 0.1) is 17.8 Å². The van der Waals surface area contributed by atoms with Gasteiger partial charge in [-0.3, -0.25) is 14.5 Å². The maximum Gasteiger partial charge on any atom is 0.310 e. The number of nitrogens with zero attached hydrogens (tertiary/aromatic N) is 1. The average Bonchev–Trinajstić information content (AvgIpc) is 2.72. The van der Waals surface area contributed by atoms with Crippen LogP contribution in [0.3, 0.4) is 0 Å². The van der Waals surface area contributed by atoms with Crippen molar-refractivity contribution in [2.45, 2.75) is 70.9 Å². The Morgan fingerprint density at radius 3 is 2.17 bits per heavy atom. The molecular weight excluding hydrogens is 304 g/mol. The standard InChI is InChI=1S/C19H34N2O3/c1-18(2)11-15(19(3,4)21(18)6)17(23)24-12-13-7-9-14(10-8-13)16(22)20-5/h13-15H,7-12H2,1-6H3,(H,20,22). The van der Waals surface area contributed by atoms with Crippen LogP contribution >= 0.6 is 0 Å². The Morgan fingerprint density at radius 2 is 1.71 bits per heavy atom. The Hall–Kier alpha value is -1.10. The summed E-state index contributed by atoms with van der Waals surface area (Å²) >= 11 is 0. The van der Waals surface area contributed by atoms with Gasteiger partial charge in [0.05, 0.1) is 12.5 Å². The Balaban J connectivity index is 1.83. The molecule has 2 fully saturated rings. The largest absolute Gasteiger partial charge is 0.465 e. The summed E-state index contributed by atoms with van der Waals surface area (Å²) in [6, 6.07) is 0. The zero-order chi connectivity index (χ0) is 18.1.